The highest BCUT2D eigenvalue weighted by atomic mass is 79.9. The van der Waals surface area contributed by atoms with Crippen molar-refractivity contribution in [1.29, 1.82) is 0 Å². The van der Waals surface area contributed by atoms with Crippen LogP contribution in [0.3, 0.4) is 0 Å². The molecule has 7 aromatic rings. The maximum absolute atomic E-state index is 13.6. The highest BCUT2D eigenvalue weighted by Gasteiger charge is 2.64. The molecule has 498 valence electrons. The maximum Gasteiger partial charge on any atom is 0.495 e. The molecule has 3 aromatic heterocycles. The minimum absolute atomic E-state index is 0.110. The van der Waals surface area contributed by atoms with Crippen LogP contribution in [-0.4, -0.2) is 104 Å². The van der Waals surface area contributed by atoms with Crippen molar-refractivity contribution in [3.63, 3.8) is 0 Å². The van der Waals surface area contributed by atoms with Gasteiger partial charge in [0, 0.05) is 99.0 Å². The van der Waals surface area contributed by atoms with Crippen molar-refractivity contribution in [2.75, 3.05) is 0 Å². The fraction of sp³-hybridized carbons (Fsp3) is 0.431. The Balaban J connectivity index is 0.000000234. The number of nitrogens with zero attached hydrogens (tertiary/aromatic N) is 6. The normalized spacial score (nSPS) is 16.8. The van der Waals surface area contributed by atoms with Gasteiger partial charge in [0.2, 0.25) is 9.23 Å². The van der Waals surface area contributed by atoms with Crippen LogP contribution in [0.4, 0.5) is 35.1 Å². The van der Waals surface area contributed by atoms with E-state index in [1.54, 1.807) is 52.7 Å². The minimum Gasteiger partial charge on any atom is -0.405 e. The Bertz CT molecular complexity index is 3330. The van der Waals surface area contributed by atoms with E-state index >= 15 is 0 Å². The number of benzene rings is 4. The van der Waals surface area contributed by atoms with E-state index in [1.807, 2.05) is 102 Å². The zero-order chi connectivity index (χ0) is 69.1. The van der Waals surface area contributed by atoms with Crippen LogP contribution < -0.4 is 5.46 Å². The van der Waals surface area contributed by atoms with Gasteiger partial charge in [0.25, 0.3) is 0 Å². The first kappa shape index (κ1) is 79.2. The molecule has 0 amide bonds. The van der Waals surface area contributed by atoms with Gasteiger partial charge in [-0.1, -0.05) is 15.9 Å². The third-order valence-electron chi connectivity index (χ3n) is 15.1. The first-order chi connectivity index (χ1) is 42.0. The van der Waals surface area contributed by atoms with Crippen LogP contribution in [-0.2, 0) is 84.0 Å². The number of rotatable bonds is 8. The quantitative estimate of drug-likeness (QED) is 0.0565. The second-order valence-corrected chi connectivity index (χ2v) is 27.9. The summed E-state index contributed by atoms with van der Waals surface area (Å²) in [4.78, 5) is 0. The monoisotopic (exact) mass is 1490 g/mol. The van der Waals surface area contributed by atoms with Crippen molar-refractivity contribution < 1.29 is 82.6 Å². The van der Waals surface area contributed by atoms with E-state index in [-0.39, 0.29) is 56.0 Å². The van der Waals surface area contributed by atoms with E-state index in [4.69, 9.17) is 59.1 Å². The largest absolute Gasteiger partial charge is 0.495 e. The molecule has 0 saturated carbocycles. The Morgan fingerprint density at radius 1 is 0.462 bits per heavy atom. The maximum atomic E-state index is 13.6. The van der Waals surface area contributed by atoms with Crippen molar-refractivity contribution >= 4 is 101 Å². The minimum atomic E-state index is -1.67. The molecule has 4 aromatic carbocycles. The predicted molar refractivity (Wildman–Crippen MR) is 343 cm³/mol. The molecule has 3 aliphatic heterocycles. The van der Waals surface area contributed by atoms with Gasteiger partial charge < -0.3 is 43.2 Å². The summed E-state index contributed by atoms with van der Waals surface area (Å²) < 4.78 is 157. The number of aliphatic hydroxyl groups excluding tert-OH is 3. The number of aliphatic hydroxyl groups is 3. The van der Waals surface area contributed by atoms with E-state index in [9.17, 15) is 35.1 Å². The molecule has 0 radical (unpaired) electrons. The second kappa shape index (κ2) is 32.9. The van der Waals surface area contributed by atoms with Crippen LogP contribution in [0.1, 0.15) is 105 Å². The van der Waals surface area contributed by atoms with Crippen molar-refractivity contribution in [3.05, 3.63) is 163 Å². The summed E-state index contributed by atoms with van der Waals surface area (Å²) in [5.74, 6) is -6.06. The lowest BCUT2D eigenvalue weighted by Crippen LogP contribution is -2.41. The molecule has 0 spiro atoms. The molecule has 91 heavy (non-hydrogen) atoms. The lowest BCUT2D eigenvalue weighted by atomic mass is 9.49. The molecule has 10 rings (SSSR count). The SMILES string of the molecule is CC1(C)OB(B2OC(C)(C)C(C)(C)O2)OC1(C)C.CC1(C)OB(c2cc(F)c(CO)c(F)c2)OC1(C)C.Cn1ccc(-c2cc(F)c(CCl)c(F)c2)n1.Cn1ccc(-c2cc(F)c(CO)c(F)c2)n1.Cn1ccc(Br)n1.O=S(Cl)Cl.OCc1c(F)cc(Br)cc1F. The van der Waals surface area contributed by atoms with E-state index in [2.05, 4.69) is 68.5 Å². The second-order valence-electron chi connectivity index (χ2n) is 23.3. The van der Waals surface area contributed by atoms with E-state index < -0.39 is 108 Å². The van der Waals surface area contributed by atoms with E-state index in [1.165, 1.54) is 12.1 Å². The number of aryl methyl sites for hydroxylation is 3. The van der Waals surface area contributed by atoms with Crippen molar-refractivity contribution in [2.45, 2.75) is 142 Å². The Morgan fingerprint density at radius 2 is 0.725 bits per heavy atom. The highest BCUT2D eigenvalue weighted by molar-refractivity contribution is 9.10. The van der Waals surface area contributed by atoms with Crippen LogP contribution in [0.2, 0.25) is 0 Å². The molecule has 6 heterocycles. The Kier molecular flexibility index (Phi) is 28.7. The topological polar surface area (TPSA) is 187 Å². The molecule has 0 atom stereocenters. The average molecular weight is 1490 g/mol. The molecule has 3 fully saturated rings. The number of hydrogen-bond donors (Lipinski definition) is 3. The third kappa shape index (κ3) is 21.4. The summed E-state index contributed by atoms with van der Waals surface area (Å²) in [5, 5.41) is 38.2. The van der Waals surface area contributed by atoms with Crippen molar-refractivity contribution in [2.24, 2.45) is 21.1 Å². The van der Waals surface area contributed by atoms with Crippen LogP contribution >= 0.6 is 64.8 Å². The number of halogens is 13. The fourth-order valence-corrected chi connectivity index (χ4v) is 8.94. The summed E-state index contributed by atoms with van der Waals surface area (Å²) in [7, 11) is 10.9. The molecule has 3 aliphatic rings. The molecule has 33 heteroatoms. The zero-order valence-electron chi connectivity index (χ0n) is 52.3. The molecule has 16 nitrogen and oxygen atoms in total. The van der Waals surface area contributed by atoms with Gasteiger partial charge in [-0.15, -0.1) is 11.6 Å². The van der Waals surface area contributed by atoms with Gasteiger partial charge >= 0.3 is 21.1 Å². The van der Waals surface area contributed by atoms with Crippen molar-refractivity contribution in [1.82, 2.24) is 29.3 Å². The first-order valence-corrected chi connectivity index (χ1v) is 32.3. The Morgan fingerprint density at radius 3 is 0.967 bits per heavy atom. The molecule has 0 aliphatic carbocycles. The van der Waals surface area contributed by atoms with Crippen LogP contribution in [0.15, 0.2) is 94.4 Å². The van der Waals surface area contributed by atoms with Gasteiger partial charge in [-0.3, -0.25) is 14.0 Å². The predicted octanol–water partition coefficient (Wildman–Crippen LogP) is 13.4. The number of alkyl halides is 1. The number of hydrogen-bond acceptors (Lipinski definition) is 13. The summed E-state index contributed by atoms with van der Waals surface area (Å²) in [6.45, 7) is 21.7. The average Bonchev–Trinajstić information content (AvgIpc) is 1.64. The van der Waals surface area contributed by atoms with Crippen LogP contribution in [0, 0.1) is 46.5 Å². The summed E-state index contributed by atoms with van der Waals surface area (Å²) in [6, 6.07) is 14.5. The molecular formula is C58H70B3Br2Cl3F8N6O10S. The van der Waals surface area contributed by atoms with Crippen LogP contribution in [0.25, 0.3) is 22.5 Å². The van der Waals surface area contributed by atoms with E-state index in [0.717, 1.165) is 41.0 Å². The first-order valence-electron chi connectivity index (χ1n) is 27.4. The van der Waals surface area contributed by atoms with Gasteiger partial charge in [-0.25, -0.2) is 39.3 Å². The molecule has 0 unspecified atom stereocenters. The van der Waals surface area contributed by atoms with Gasteiger partial charge in [0.1, 0.15) is 51.1 Å². The smallest absolute Gasteiger partial charge is 0.405 e. The summed E-state index contributed by atoms with van der Waals surface area (Å²) >= 11 is 11.6. The molecule has 3 N–H and O–H groups in total. The number of aromatic nitrogens is 6. The van der Waals surface area contributed by atoms with Gasteiger partial charge in [-0.2, -0.15) is 15.3 Å². The lowest BCUT2D eigenvalue weighted by Gasteiger charge is -2.32. The standard InChI is InChI=1S/C13H17BF2O3.C12H24B2O4.C11H9ClF2N2.C11H10F2N2O.C7H5BrF2O.C4H5BrN2.Cl2OS/c1-12(2)13(3,4)19-14(18-12)8-5-10(15)9(7-17)11(16)6-8;1-9(2)10(3,4)16-13(15-9)14-17-11(5,6)12(7,8)18-14;1-16-3-2-11(15-16)7-4-9(13)8(6-12)10(14)5-7;1-15-3-2-11(14-15)7-4-9(12)8(6-16)10(13)5-7;8-4-1-6(9)5(3-11)7(10)2-4;1-7-3-2-4(5)6-7;1-4(2)3/h5-6,17H,7H2,1-4H3;1-8H3;2-5H,6H2,1H3;2-5,16H,6H2,1H3;1-2,11H,3H2;2-3H,1H3;. The fourth-order valence-electron chi connectivity index (χ4n) is 7.92. The van der Waals surface area contributed by atoms with Crippen LogP contribution in [0.5, 0.6) is 0 Å². The molecule has 3 saturated heterocycles. The summed E-state index contributed by atoms with van der Waals surface area (Å²) in [6.07, 6.45) is 5.27. The Hall–Kier alpha value is -4.24. The van der Waals surface area contributed by atoms with Gasteiger partial charge in [-0.05, 0) is 171 Å². The summed E-state index contributed by atoms with van der Waals surface area (Å²) in [5.41, 5.74) is -1.60. The highest BCUT2D eigenvalue weighted by Crippen LogP contribution is 2.43. The Labute approximate surface area is 558 Å². The van der Waals surface area contributed by atoms with Gasteiger partial charge in [0.05, 0.1) is 70.7 Å². The molecular weight excluding hydrogens is 1420 g/mol. The third-order valence-corrected chi connectivity index (χ3v) is 16.3. The molecule has 0 bridgehead atoms. The van der Waals surface area contributed by atoms with Gasteiger partial charge in [0.15, 0.2) is 0 Å². The van der Waals surface area contributed by atoms with Crippen molar-refractivity contribution in [3.8, 4) is 22.5 Å². The van der Waals surface area contributed by atoms with E-state index in [0.29, 0.717) is 27.0 Å². The lowest BCUT2D eigenvalue weighted by molar-refractivity contribution is 0.00578. The zero-order valence-corrected chi connectivity index (χ0v) is 58.6.